The molecule has 132 valence electrons. The standard InChI is InChI=1S/C17H25N3O4/c1-11(2)16(18-17(21)22)13-6-8-19(9-7-13)14-5-4-12(3)10-15(14)20(23)24/h4-5,10-11,13,16,18H,6-9H2,1-3H3,(H,21,22). The van der Waals surface area contributed by atoms with Gasteiger partial charge >= 0.3 is 6.09 Å². The third-order valence-electron chi connectivity index (χ3n) is 4.72. The van der Waals surface area contributed by atoms with Crippen molar-refractivity contribution in [3.63, 3.8) is 0 Å². The summed E-state index contributed by atoms with van der Waals surface area (Å²) in [5, 5.41) is 23.0. The minimum Gasteiger partial charge on any atom is -0.465 e. The number of amides is 1. The predicted octanol–water partition coefficient (Wildman–Crippen LogP) is 3.41. The number of nitro benzene ring substituents is 1. The van der Waals surface area contributed by atoms with Crippen LogP contribution in [0.4, 0.5) is 16.2 Å². The number of rotatable bonds is 5. The van der Waals surface area contributed by atoms with Gasteiger partial charge in [0.05, 0.1) is 4.92 Å². The van der Waals surface area contributed by atoms with Crippen LogP contribution in [0.3, 0.4) is 0 Å². The van der Waals surface area contributed by atoms with Crippen LogP contribution < -0.4 is 10.2 Å². The number of aryl methyl sites for hydroxylation is 1. The van der Waals surface area contributed by atoms with Gasteiger partial charge in [-0.15, -0.1) is 0 Å². The summed E-state index contributed by atoms with van der Waals surface area (Å²) in [5.41, 5.74) is 1.65. The number of nitrogens with zero attached hydrogens (tertiary/aromatic N) is 2. The van der Waals surface area contributed by atoms with Crippen LogP contribution in [0.15, 0.2) is 18.2 Å². The molecule has 0 radical (unpaired) electrons. The summed E-state index contributed by atoms with van der Waals surface area (Å²) in [7, 11) is 0. The molecule has 1 aromatic rings. The number of piperidine rings is 1. The summed E-state index contributed by atoms with van der Waals surface area (Å²) < 4.78 is 0. The van der Waals surface area contributed by atoms with E-state index in [1.165, 1.54) is 0 Å². The van der Waals surface area contributed by atoms with E-state index >= 15 is 0 Å². The molecule has 1 heterocycles. The maximum absolute atomic E-state index is 11.3. The molecular weight excluding hydrogens is 310 g/mol. The van der Waals surface area contributed by atoms with Crippen LogP contribution in [0.25, 0.3) is 0 Å². The smallest absolute Gasteiger partial charge is 0.404 e. The zero-order valence-electron chi connectivity index (χ0n) is 14.4. The van der Waals surface area contributed by atoms with Gasteiger partial charge in [0.1, 0.15) is 5.69 Å². The third kappa shape index (κ3) is 4.15. The Morgan fingerprint density at radius 3 is 2.50 bits per heavy atom. The van der Waals surface area contributed by atoms with E-state index in [0.29, 0.717) is 18.8 Å². The van der Waals surface area contributed by atoms with Gasteiger partial charge in [0.25, 0.3) is 5.69 Å². The second kappa shape index (κ2) is 7.51. The summed E-state index contributed by atoms with van der Waals surface area (Å²) >= 11 is 0. The summed E-state index contributed by atoms with van der Waals surface area (Å²) in [5.74, 6) is 0.466. The maximum atomic E-state index is 11.3. The van der Waals surface area contributed by atoms with Crippen LogP contribution in [-0.2, 0) is 0 Å². The fourth-order valence-electron chi connectivity index (χ4n) is 3.52. The number of anilines is 1. The van der Waals surface area contributed by atoms with E-state index < -0.39 is 6.09 Å². The first kappa shape index (κ1) is 18.0. The molecule has 0 saturated carbocycles. The number of nitro groups is 1. The summed E-state index contributed by atoms with van der Waals surface area (Å²) in [4.78, 5) is 24.0. The molecule has 0 aromatic heterocycles. The van der Waals surface area contributed by atoms with Gasteiger partial charge < -0.3 is 15.3 Å². The minimum atomic E-state index is -0.995. The molecule has 2 N–H and O–H groups in total. The van der Waals surface area contributed by atoms with E-state index in [1.54, 1.807) is 6.07 Å². The molecule has 0 bridgehead atoms. The van der Waals surface area contributed by atoms with Gasteiger partial charge in [-0.2, -0.15) is 0 Å². The molecule has 2 rings (SSSR count). The number of carbonyl (C=O) groups is 1. The predicted molar refractivity (Wildman–Crippen MR) is 92.6 cm³/mol. The minimum absolute atomic E-state index is 0.0855. The molecule has 1 atom stereocenters. The van der Waals surface area contributed by atoms with Crippen LogP contribution in [0.1, 0.15) is 32.3 Å². The number of hydrogen-bond acceptors (Lipinski definition) is 4. The lowest BCUT2D eigenvalue weighted by molar-refractivity contribution is -0.384. The van der Waals surface area contributed by atoms with Crippen LogP contribution in [0.2, 0.25) is 0 Å². The fourth-order valence-corrected chi connectivity index (χ4v) is 3.52. The van der Waals surface area contributed by atoms with Crippen molar-refractivity contribution in [3.05, 3.63) is 33.9 Å². The first-order valence-electron chi connectivity index (χ1n) is 8.29. The van der Waals surface area contributed by atoms with Crippen molar-refractivity contribution in [2.24, 2.45) is 11.8 Å². The highest BCUT2D eigenvalue weighted by molar-refractivity contribution is 5.65. The van der Waals surface area contributed by atoms with Gasteiger partial charge in [0.2, 0.25) is 0 Å². The number of benzene rings is 1. The average molecular weight is 335 g/mol. The molecule has 0 spiro atoms. The Hall–Kier alpha value is -2.31. The molecule has 1 aliphatic heterocycles. The topological polar surface area (TPSA) is 95.7 Å². The van der Waals surface area contributed by atoms with Crippen LogP contribution in [0, 0.1) is 28.9 Å². The second-order valence-corrected chi connectivity index (χ2v) is 6.79. The first-order valence-corrected chi connectivity index (χ1v) is 8.29. The van der Waals surface area contributed by atoms with Gasteiger partial charge in [-0.1, -0.05) is 19.9 Å². The Morgan fingerprint density at radius 1 is 1.38 bits per heavy atom. The highest BCUT2D eigenvalue weighted by atomic mass is 16.6. The molecule has 1 unspecified atom stereocenters. The molecule has 7 nitrogen and oxygen atoms in total. The number of hydrogen-bond donors (Lipinski definition) is 2. The van der Waals surface area contributed by atoms with Gasteiger partial charge in [-0.25, -0.2) is 4.79 Å². The largest absolute Gasteiger partial charge is 0.465 e. The second-order valence-electron chi connectivity index (χ2n) is 6.79. The van der Waals surface area contributed by atoms with Crippen molar-refractivity contribution < 1.29 is 14.8 Å². The van der Waals surface area contributed by atoms with Gasteiger partial charge in [-0.3, -0.25) is 10.1 Å². The number of carboxylic acid groups (broad SMARTS) is 1. The fraction of sp³-hybridized carbons (Fsp3) is 0.588. The highest BCUT2D eigenvalue weighted by Gasteiger charge is 2.31. The third-order valence-corrected chi connectivity index (χ3v) is 4.72. The van der Waals surface area contributed by atoms with Crippen molar-refractivity contribution in [2.45, 2.75) is 39.7 Å². The van der Waals surface area contributed by atoms with E-state index in [0.717, 1.165) is 18.4 Å². The molecule has 24 heavy (non-hydrogen) atoms. The SMILES string of the molecule is Cc1ccc(N2CCC(C(NC(=O)O)C(C)C)CC2)c([N+](=O)[O-])c1. The lowest BCUT2D eigenvalue weighted by Gasteiger charge is -2.38. The summed E-state index contributed by atoms with van der Waals surface area (Å²) in [6, 6.07) is 5.21. The van der Waals surface area contributed by atoms with Gasteiger partial charge in [-0.05, 0) is 43.2 Å². The molecule has 1 aromatic carbocycles. The van der Waals surface area contributed by atoms with Crippen molar-refractivity contribution in [3.8, 4) is 0 Å². The van der Waals surface area contributed by atoms with Crippen molar-refractivity contribution in [1.82, 2.24) is 5.32 Å². The van der Waals surface area contributed by atoms with E-state index in [9.17, 15) is 14.9 Å². The van der Waals surface area contributed by atoms with E-state index in [1.807, 2.05) is 37.8 Å². The lowest BCUT2D eigenvalue weighted by atomic mass is 9.83. The van der Waals surface area contributed by atoms with Crippen LogP contribution in [0.5, 0.6) is 0 Å². The Labute approximate surface area is 141 Å². The van der Waals surface area contributed by atoms with Gasteiger partial charge in [0.15, 0.2) is 0 Å². The molecule has 1 amide bonds. The van der Waals surface area contributed by atoms with Crippen molar-refractivity contribution in [1.29, 1.82) is 0 Å². The zero-order valence-corrected chi connectivity index (χ0v) is 14.4. The molecular formula is C17H25N3O4. The average Bonchev–Trinajstić information content (AvgIpc) is 2.52. The normalized spacial score (nSPS) is 16.9. The number of nitrogens with one attached hydrogen (secondary N) is 1. The summed E-state index contributed by atoms with van der Waals surface area (Å²) in [6.07, 6.45) is 0.632. The Bertz CT molecular complexity index is 610. The molecule has 1 saturated heterocycles. The van der Waals surface area contributed by atoms with Crippen molar-refractivity contribution >= 4 is 17.5 Å². The molecule has 7 heteroatoms. The molecule has 0 aliphatic carbocycles. The van der Waals surface area contributed by atoms with Crippen LogP contribution in [-0.4, -0.2) is 35.3 Å². The highest BCUT2D eigenvalue weighted by Crippen LogP contribution is 2.33. The Kier molecular flexibility index (Phi) is 5.64. The Morgan fingerprint density at radius 2 is 2.00 bits per heavy atom. The Balaban J connectivity index is 2.10. The van der Waals surface area contributed by atoms with Gasteiger partial charge in [0, 0.05) is 25.2 Å². The zero-order chi connectivity index (χ0) is 17.9. The monoisotopic (exact) mass is 335 g/mol. The maximum Gasteiger partial charge on any atom is 0.404 e. The first-order chi connectivity index (χ1) is 11.3. The van der Waals surface area contributed by atoms with E-state index in [2.05, 4.69) is 5.32 Å². The van der Waals surface area contributed by atoms with E-state index in [4.69, 9.17) is 5.11 Å². The lowest BCUT2D eigenvalue weighted by Crippen LogP contribution is -2.47. The molecule has 1 aliphatic rings. The summed E-state index contributed by atoms with van der Waals surface area (Å²) in [6.45, 7) is 7.25. The van der Waals surface area contributed by atoms with Crippen LogP contribution >= 0.6 is 0 Å². The quantitative estimate of drug-likeness (QED) is 0.635. The van der Waals surface area contributed by atoms with Crippen molar-refractivity contribution in [2.75, 3.05) is 18.0 Å². The van der Waals surface area contributed by atoms with E-state index in [-0.39, 0.29) is 28.5 Å². The molecule has 1 fully saturated rings.